The maximum atomic E-state index is 9.14. The van der Waals surface area contributed by atoms with E-state index in [2.05, 4.69) is 4.99 Å². The lowest BCUT2D eigenvalue weighted by Gasteiger charge is -2.09. The van der Waals surface area contributed by atoms with E-state index in [9.17, 15) is 0 Å². The summed E-state index contributed by atoms with van der Waals surface area (Å²) in [7, 11) is 0. The number of ether oxygens (including phenoxy) is 1. The van der Waals surface area contributed by atoms with Gasteiger partial charge in [-0.2, -0.15) is 0 Å². The molecule has 15 heavy (non-hydrogen) atoms. The molecule has 3 N–H and O–H groups in total. The van der Waals surface area contributed by atoms with Gasteiger partial charge in [0.2, 0.25) is 5.90 Å². The van der Waals surface area contributed by atoms with Crippen molar-refractivity contribution in [3.63, 3.8) is 0 Å². The standard InChI is InChI=1S/C11H14N2O2/c12-6-5-10-7-13-11(15-10)8-1-3-9(14)4-2-8/h1-4,10,14H,5-7,12H2. The van der Waals surface area contributed by atoms with Crippen molar-refractivity contribution in [3.05, 3.63) is 29.8 Å². The van der Waals surface area contributed by atoms with Crippen LogP contribution in [0.5, 0.6) is 5.75 Å². The first-order valence-corrected chi connectivity index (χ1v) is 5.00. The van der Waals surface area contributed by atoms with Gasteiger partial charge in [-0.1, -0.05) is 0 Å². The van der Waals surface area contributed by atoms with Crippen LogP contribution in [0.2, 0.25) is 0 Å². The molecule has 0 saturated carbocycles. The predicted molar refractivity (Wildman–Crippen MR) is 58.1 cm³/mol. The summed E-state index contributed by atoms with van der Waals surface area (Å²) in [4.78, 5) is 4.29. The highest BCUT2D eigenvalue weighted by molar-refractivity contribution is 5.95. The molecule has 1 heterocycles. The van der Waals surface area contributed by atoms with Gasteiger partial charge in [-0.15, -0.1) is 0 Å². The van der Waals surface area contributed by atoms with Crippen molar-refractivity contribution in [3.8, 4) is 5.75 Å². The van der Waals surface area contributed by atoms with Crippen molar-refractivity contribution in [1.29, 1.82) is 0 Å². The average Bonchev–Trinajstić information content (AvgIpc) is 2.68. The second kappa shape index (κ2) is 4.31. The van der Waals surface area contributed by atoms with Gasteiger partial charge in [0.15, 0.2) is 0 Å². The largest absolute Gasteiger partial charge is 0.508 e. The van der Waals surface area contributed by atoms with E-state index >= 15 is 0 Å². The molecule has 0 saturated heterocycles. The molecule has 1 atom stereocenters. The molecule has 1 aromatic rings. The number of aliphatic imine (C=N–C) groups is 1. The van der Waals surface area contributed by atoms with Gasteiger partial charge in [-0.3, -0.25) is 0 Å². The summed E-state index contributed by atoms with van der Waals surface area (Å²) in [6, 6.07) is 6.83. The summed E-state index contributed by atoms with van der Waals surface area (Å²) >= 11 is 0. The number of nitrogens with two attached hydrogens (primary N) is 1. The highest BCUT2D eigenvalue weighted by Crippen LogP contribution is 2.16. The van der Waals surface area contributed by atoms with Gasteiger partial charge in [-0.25, -0.2) is 4.99 Å². The van der Waals surface area contributed by atoms with E-state index in [1.54, 1.807) is 24.3 Å². The van der Waals surface area contributed by atoms with Crippen LogP contribution in [0.1, 0.15) is 12.0 Å². The van der Waals surface area contributed by atoms with Crippen molar-refractivity contribution in [2.24, 2.45) is 10.7 Å². The minimum absolute atomic E-state index is 0.110. The number of aromatic hydroxyl groups is 1. The monoisotopic (exact) mass is 206 g/mol. The lowest BCUT2D eigenvalue weighted by molar-refractivity contribution is 0.216. The minimum atomic E-state index is 0.110. The summed E-state index contributed by atoms with van der Waals surface area (Å²) < 4.78 is 5.62. The van der Waals surface area contributed by atoms with Gasteiger partial charge in [0, 0.05) is 5.56 Å². The lowest BCUT2D eigenvalue weighted by atomic mass is 10.2. The number of phenols is 1. The molecule has 4 nitrogen and oxygen atoms in total. The van der Waals surface area contributed by atoms with Crippen LogP contribution in [0.15, 0.2) is 29.3 Å². The molecule has 80 valence electrons. The second-order valence-electron chi connectivity index (χ2n) is 3.51. The first kappa shape index (κ1) is 9.98. The van der Waals surface area contributed by atoms with E-state index in [0.29, 0.717) is 19.0 Å². The molecule has 1 aliphatic heterocycles. The molecule has 0 amide bonds. The Kier molecular flexibility index (Phi) is 2.87. The van der Waals surface area contributed by atoms with Crippen molar-refractivity contribution in [2.45, 2.75) is 12.5 Å². The Labute approximate surface area is 88.4 Å². The van der Waals surface area contributed by atoms with Crippen LogP contribution in [0, 0.1) is 0 Å². The number of rotatable bonds is 3. The summed E-state index contributed by atoms with van der Waals surface area (Å²) in [5.74, 6) is 0.893. The Morgan fingerprint density at radius 2 is 2.13 bits per heavy atom. The van der Waals surface area contributed by atoms with E-state index in [1.165, 1.54) is 0 Å². The van der Waals surface area contributed by atoms with Crippen molar-refractivity contribution in [1.82, 2.24) is 0 Å². The predicted octanol–water partition coefficient (Wildman–Crippen LogP) is 0.886. The minimum Gasteiger partial charge on any atom is -0.508 e. The van der Waals surface area contributed by atoms with Gasteiger partial charge in [0.25, 0.3) is 0 Å². The summed E-state index contributed by atoms with van der Waals surface area (Å²) in [5.41, 5.74) is 6.34. The van der Waals surface area contributed by atoms with Gasteiger partial charge in [0.05, 0.1) is 6.54 Å². The maximum absolute atomic E-state index is 9.14. The first-order valence-electron chi connectivity index (χ1n) is 5.00. The Morgan fingerprint density at radius 1 is 1.40 bits per heavy atom. The number of hydrogen-bond donors (Lipinski definition) is 2. The molecule has 0 radical (unpaired) electrons. The second-order valence-corrected chi connectivity index (χ2v) is 3.51. The SMILES string of the molecule is NCCC1CN=C(c2ccc(O)cc2)O1. The molecule has 1 aromatic carbocycles. The van der Waals surface area contributed by atoms with Crippen molar-refractivity contribution in [2.75, 3.05) is 13.1 Å². The van der Waals surface area contributed by atoms with Crippen LogP contribution in [-0.2, 0) is 4.74 Å². The van der Waals surface area contributed by atoms with Crippen LogP contribution in [-0.4, -0.2) is 30.2 Å². The maximum Gasteiger partial charge on any atom is 0.216 e. The molecule has 0 spiro atoms. The van der Waals surface area contributed by atoms with E-state index in [4.69, 9.17) is 15.6 Å². The molecular weight excluding hydrogens is 192 g/mol. The Balaban J connectivity index is 2.04. The zero-order valence-electron chi connectivity index (χ0n) is 8.39. The third-order valence-electron chi connectivity index (χ3n) is 2.32. The van der Waals surface area contributed by atoms with Crippen LogP contribution in [0.4, 0.5) is 0 Å². The molecule has 1 aliphatic rings. The third-order valence-corrected chi connectivity index (χ3v) is 2.32. The smallest absolute Gasteiger partial charge is 0.216 e. The highest BCUT2D eigenvalue weighted by atomic mass is 16.5. The zero-order chi connectivity index (χ0) is 10.7. The zero-order valence-corrected chi connectivity index (χ0v) is 8.39. The van der Waals surface area contributed by atoms with Crippen LogP contribution in [0.3, 0.4) is 0 Å². The normalized spacial score (nSPS) is 19.8. The first-order chi connectivity index (χ1) is 7.29. The fraction of sp³-hybridized carbons (Fsp3) is 0.364. The van der Waals surface area contributed by atoms with Crippen LogP contribution >= 0.6 is 0 Å². The van der Waals surface area contributed by atoms with E-state index in [1.807, 2.05) is 0 Å². The van der Waals surface area contributed by atoms with E-state index in [-0.39, 0.29) is 11.9 Å². The lowest BCUT2D eigenvalue weighted by Crippen LogP contribution is -2.18. The summed E-state index contributed by atoms with van der Waals surface area (Å²) in [5, 5.41) is 9.14. The van der Waals surface area contributed by atoms with Gasteiger partial charge in [-0.05, 0) is 37.2 Å². The van der Waals surface area contributed by atoms with Crippen molar-refractivity contribution < 1.29 is 9.84 Å². The Morgan fingerprint density at radius 3 is 2.80 bits per heavy atom. The molecule has 1 unspecified atom stereocenters. The average molecular weight is 206 g/mol. The molecule has 0 fully saturated rings. The Hall–Kier alpha value is -1.55. The van der Waals surface area contributed by atoms with Gasteiger partial charge < -0.3 is 15.6 Å². The molecule has 0 bridgehead atoms. The summed E-state index contributed by atoms with van der Waals surface area (Å²) in [6.07, 6.45) is 0.934. The van der Waals surface area contributed by atoms with Crippen LogP contribution < -0.4 is 5.73 Å². The number of hydrogen-bond acceptors (Lipinski definition) is 4. The molecule has 2 rings (SSSR count). The Bertz CT molecular complexity index is 359. The quantitative estimate of drug-likeness (QED) is 0.771. The van der Waals surface area contributed by atoms with Crippen LogP contribution in [0.25, 0.3) is 0 Å². The highest BCUT2D eigenvalue weighted by Gasteiger charge is 2.19. The van der Waals surface area contributed by atoms with E-state index in [0.717, 1.165) is 12.0 Å². The van der Waals surface area contributed by atoms with Gasteiger partial charge >= 0.3 is 0 Å². The number of nitrogens with zero attached hydrogens (tertiary/aromatic N) is 1. The fourth-order valence-electron chi connectivity index (χ4n) is 1.52. The van der Waals surface area contributed by atoms with Crippen molar-refractivity contribution >= 4 is 5.90 Å². The molecular formula is C11H14N2O2. The summed E-state index contributed by atoms with van der Waals surface area (Å²) in [6.45, 7) is 1.29. The number of benzene rings is 1. The van der Waals surface area contributed by atoms with Gasteiger partial charge in [0.1, 0.15) is 11.9 Å². The third kappa shape index (κ3) is 2.27. The topological polar surface area (TPSA) is 67.8 Å². The molecule has 0 aromatic heterocycles. The van der Waals surface area contributed by atoms with E-state index < -0.39 is 0 Å². The molecule has 0 aliphatic carbocycles. The molecule has 4 heteroatoms. The fourth-order valence-corrected chi connectivity index (χ4v) is 1.52. The number of phenolic OH excluding ortho intramolecular Hbond substituents is 1.